The molecule has 3 N–H and O–H groups in total. The highest BCUT2D eigenvalue weighted by Gasteiger charge is 2.37. The average Bonchev–Trinajstić information content (AvgIpc) is 2.70. The van der Waals surface area contributed by atoms with Crippen LogP contribution in [0.4, 0.5) is 17.6 Å². The molecule has 0 bridgehead atoms. The Bertz CT molecular complexity index is 635. The standard InChI is InChI=1S/C11H10BrF4N5/c1-21-9(10(12)19-20-21)8(18-17)6-4-5(13)2-3-7(6)11(14,15)16/h2-4,8,18H,17H2,1H3. The molecule has 1 atom stereocenters. The molecule has 0 saturated carbocycles. The van der Waals surface area contributed by atoms with Crippen LogP contribution < -0.4 is 11.3 Å². The summed E-state index contributed by atoms with van der Waals surface area (Å²) in [5, 5.41) is 7.36. The van der Waals surface area contributed by atoms with Crippen molar-refractivity contribution in [2.24, 2.45) is 12.9 Å². The monoisotopic (exact) mass is 367 g/mol. The topological polar surface area (TPSA) is 68.8 Å². The van der Waals surface area contributed by atoms with Crippen molar-refractivity contribution in [3.8, 4) is 0 Å². The molecule has 2 rings (SSSR count). The van der Waals surface area contributed by atoms with Crippen molar-refractivity contribution in [3.05, 3.63) is 45.4 Å². The fraction of sp³-hybridized carbons (Fsp3) is 0.273. The first-order valence-electron chi connectivity index (χ1n) is 5.63. The summed E-state index contributed by atoms with van der Waals surface area (Å²) in [6.07, 6.45) is -4.64. The summed E-state index contributed by atoms with van der Waals surface area (Å²) >= 11 is 3.08. The summed E-state index contributed by atoms with van der Waals surface area (Å²) in [4.78, 5) is 0. The largest absolute Gasteiger partial charge is 0.416 e. The highest BCUT2D eigenvalue weighted by Crippen LogP contribution is 2.37. The van der Waals surface area contributed by atoms with E-state index < -0.39 is 23.6 Å². The number of aryl methyl sites for hydroxylation is 1. The van der Waals surface area contributed by atoms with Gasteiger partial charge in [-0.05, 0) is 39.7 Å². The highest BCUT2D eigenvalue weighted by molar-refractivity contribution is 9.10. The van der Waals surface area contributed by atoms with E-state index in [0.717, 1.165) is 12.1 Å². The van der Waals surface area contributed by atoms with Crippen molar-refractivity contribution < 1.29 is 17.6 Å². The first kappa shape index (κ1) is 15.9. The average molecular weight is 368 g/mol. The van der Waals surface area contributed by atoms with Gasteiger partial charge in [-0.2, -0.15) is 13.2 Å². The molecule has 0 fully saturated rings. The number of halogens is 5. The second-order valence-electron chi connectivity index (χ2n) is 4.22. The van der Waals surface area contributed by atoms with Gasteiger partial charge in [0.2, 0.25) is 0 Å². The van der Waals surface area contributed by atoms with Crippen LogP contribution in [0.15, 0.2) is 22.8 Å². The predicted octanol–water partition coefficient (Wildman–Crippen LogP) is 2.29. The van der Waals surface area contributed by atoms with Crippen LogP contribution >= 0.6 is 15.9 Å². The Hall–Kier alpha value is -1.52. The van der Waals surface area contributed by atoms with Crippen LogP contribution in [0.2, 0.25) is 0 Å². The Morgan fingerprint density at radius 1 is 1.38 bits per heavy atom. The summed E-state index contributed by atoms with van der Waals surface area (Å²) in [5.74, 6) is 4.57. The number of alkyl halides is 3. The van der Waals surface area contributed by atoms with Crippen LogP contribution in [0, 0.1) is 5.82 Å². The molecule has 0 amide bonds. The summed E-state index contributed by atoms with van der Waals surface area (Å²) < 4.78 is 54.1. The Morgan fingerprint density at radius 3 is 2.52 bits per heavy atom. The van der Waals surface area contributed by atoms with Crippen LogP contribution in [-0.2, 0) is 13.2 Å². The molecule has 0 aliphatic carbocycles. The summed E-state index contributed by atoms with van der Waals surface area (Å²) in [5.41, 5.74) is 1.15. The second-order valence-corrected chi connectivity index (χ2v) is 4.97. The van der Waals surface area contributed by atoms with Crippen LogP contribution in [0.1, 0.15) is 22.9 Å². The van der Waals surface area contributed by atoms with E-state index in [1.54, 1.807) is 0 Å². The van der Waals surface area contributed by atoms with Gasteiger partial charge in [0.05, 0.1) is 17.3 Å². The number of hydrogen-bond donors (Lipinski definition) is 2. The number of benzene rings is 1. The predicted molar refractivity (Wildman–Crippen MR) is 69.3 cm³/mol. The summed E-state index contributed by atoms with van der Waals surface area (Å²) in [6, 6.07) is 1.07. The van der Waals surface area contributed by atoms with E-state index in [1.165, 1.54) is 11.7 Å². The number of nitrogens with two attached hydrogens (primary N) is 1. The van der Waals surface area contributed by atoms with Gasteiger partial charge in [-0.25, -0.2) is 14.5 Å². The van der Waals surface area contributed by atoms with Crippen LogP contribution in [0.5, 0.6) is 0 Å². The van der Waals surface area contributed by atoms with E-state index in [0.29, 0.717) is 6.07 Å². The van der Waals surface area contributed by atoms with Gasteiger partial charge in [-0.3, -0.25) is 5.84 Å². The zero-order chi connectivity index (χ0) is 15.8. The molecule has 10 heteroatoms. The van der Waals surface area contributed by atoms with E-state index in [1.807, 2.05) is 0 Å². The first-order valence-corrected chi connectivity index (χ1v) is 6.43. The first-order chi connectivity index (χ1) is 9.75. The minimum atomic E-state index is -4.64. The van der Waals surface area contributed by atoms with Gasteiger partial charge in [0.15, 0.2) is 4.60 Å². The zero-order valence-electron chi connectivity index (χ0n) is 10.6. The fourth-order valence-corrected chi connectivity index (χ4v) is 2.55. The van der Waals surface area contributed by atoms with Crippen molar-refractivity contribution in [1.29, 1.82) is 0 Å². The third kappa shape index (κ3) is 3.06. The maximum Gasteiger partial charge on any atom is 0.416 e. The molecule has 21 heavy (non-hydrogen) atoms. The Labute approximate surface area is 125 Å². The smallest absolute Gasteiger partial charge is 0.271 e. The molecule has 1 unspecified atom stereocenters. The third-order valence-electron chi connectivity index (χ3n) is 2.90. The minimum Gasteiger partial charge on any atom is -0.271 e. The van der Waals surface area contributed by atoms with Gasteiger partial charge in [-0.1, -0.05) is 5.21 Å². The normalized spacial score (nSPS) is 13.5. The van der Waals surface area contributed by atoms with E-state index in [-0.39, 0.29) is 15.9 Å². The minimum absolute atomic E-state index is 0.213. The fourth-order valence-electron chi connectivity index (χ4n) is 1.99. The number of hydrazine groups is 1. The molecule has 114 valence electrons. The second kappa shape index (κ2) is 5.70. The van der Waals surface area contributed by atoms with Gasteiger partial charge in [-0.15, -0.1) is 5.10 Å². The molecule has 1 aromatic carbocycles. The third-order valence-corrected chi connectivity index (χ3v) is 3.46. The van der Waals surface area contributed by atoms with Crippen LogP contribution in [-0.4, -0.2) is 15.0 Å². The number of hydrogen-bond acceptors (Lipinski definition) is 4. The zero-order valence-corrected chi connectivity index (χ0v) is 12.2. The van der Waals surface area contributed by atoms with Crippen molar-refractivity contribution >= 4 is 15.9 Å². The molecular formula is C11H10BrF4N5. The van der Waals surface area contributed by atoms with Crippen molar-refractivity contribution in [3.63, 3.8) is 0 Å². The number of nitrogens with one attached hydrogen (secondary N) is 1. The summed E-state index contributed by atoms with van der Waals surface area (Å²) in [7, 11) is 1.49. The molecule has 0 saturated heterocycles. The number of aromatic nitrogens is 3. The lowest BCUT2D eigenvalue weighted by atomic mass is 9.98. The molecule has 0 aliphatic rings. The molecule has 5 nitrogen and oxygen atoms in total. The van der Waals surface area contributed by atoms with Gasteiger partial charge in [0.25, 0.3) is 0 Å². The Morgan fingerprint density at radius 2 is 2.05 bits per heavy atom. The molecule has 0 aliphatic heterocycles. The van der Waals surface area contributed by atoms with E-state index >= 15 is 0 Å². The van der Waals surface area contributed by atoms with Crippen molar-refractivity contribution in [2.45, 2.75) is 12.2 Å². The maximum absolute atomic E-state index is 13.4. The van der Waals surface area contributed by atoms with Gasteiger partial charge < -0.3 is 0 Å². The molecule has 0 radical (unpaired) electrons. The van der Waals surface area contributed by atoms with E-state index in [9.17, 15) is 17.6 Å². The molecule has 2 aromatic rings. The van der Waals surface area contributed by atoms with Crippen LogP contribution in [0.25, 0.3) is 0 Å². The van der Waals surface area contributed by atoms with E-state index in [2.05, 4.69) is 31.7 Å². The quantitative estimate of drug-likeness (QED) is 0.496. The Kier molecular flexibility index (Phi) is 4.30. The summed E-state index contributed by atoms with van der Waals surface area (Å²) in [6.45, 7) is 0. The van der Waals surface area contributed by atoms with E-state index in [4.69, 9.17) is 5.84 Å². The molecule has 0 spiro atoms. The molecule has 1 aromatic heterocycles. The van der Waals surface area contributed by atoms with Gasteiger partial charge in [0, 0.05) is 7.05 Å². The number of nitrogens with zero attached hydrogens (tertiary/aromatic N) is 3. The lowest BCUT2D eigenvalue weighted by Gasteiger charge is -2.21. The highest BCUT2D eigenvalue weighted by atomic mass is 79.9. The van der Waals surface area contributed by atoms with Crippen molar-refractivity contribution in [1.82, 2.24) is 20.4 Å². The van der Waals surface area contributed by atoms with Crippen molar-refractivity contribution in [2.75, 3.05) is 0 Å². The Balaban J connectivity index is 2.65. The number of rotatable bonds is 3. The lowest BCUT2D eigenvalue weighted by molar-refractivity contribution is -0.138. The lowest BCUT2D eigenvalue weighted by Crippen LogP contribution is -2.32. The molecule has 1 heterocycles. The maximum atomic E-state index is 13.4. The van der Waals surface area contributed by atoms with Gasteiger partial charge in [0.1, 0.15) is 5.82 Å². The van der Waals surface area contributed by atoms with Gasteiger partial charge >= 0.3 is 6.18 Å². The van der Waals surface area contributed by atoms with Crippen LogP contribution in [0.3, 0.4) is 0 Å². The molecular weight excluding hydrogens is 358 g/mol. The SMILES string of the molecule is Cn1nnc(Br)c1C(NN)c1cc(F)ccc1C(F)(F)F.